The van der Waals surface area contributed by atoms with Crippen LogP contribution in [0.3, 0.4) is 0 Å². The molecule has 0 heterocycles. The molecule has 0 aliphatic rings. The standard InChI is InChI=1S/C23H24N2OS2/c1-18(16-26-21-8-4-2-5-9-21)24-23(27)25-20-14-12-19(13-15-20)17-28-22-10-6-3-7-11-22/h2-15,18H,16-17H2,1H3,(H2,24,25,27). The van der Waals surface area contributed by atoms with Crippen molar-refractivity contribution in [3.8, 4) is 5.75 Å². The van der Waals surface area contributed by atoms with Gasteiger partial charge in [0.25, 0.3) is 0 Å². The Bertz CT molecular complexity index is 855. The quantitative estimate of drug-likeness (QED) is 0.367. The van der Waals surface area contributed by atoms with Crippen molar-refractivity contribution in [2.24, 2.45) is 0 Å². The average Bonchev–Trinajstić information content (AvgIpc) is 2.73. The molecule has 3 aromatic rings. The van der Waals surface area contributed by atoms with Gasteiger partial charge in [0.2, 0.25) is 0 Å². The van der Waals surface area contributed by atoms with Crippen LogP contribution in [0.4, 0.5) is 5.69 Å². The van der Waals surface area contributed by atoms with Crippen LogP contribution in [0.1, 0.15) is 12.5 Å². The first-order valence-corrected chi connectivity index (χ1v) is 10.6. The predicted molar refractivity (Wildman–Crippen MR) is 123 cm³/mol. The summed E-state index contributed by atoms with van der Waals surface area (Å²) in [5.74, 6) is 1.81. The van der Waals surface area contributed by atoms with Gasteiger partial charge in [-0.3, -0.25) is 0 Å². The average molecular weight is 409 g/mol. The van der Waals surface area contributed by atoms with Gasteiger partial charge in [0.05, 0.1) is 6.04 Å². The molecule has 0 saturated heterocycles. The largest absolute Gasteiger partial charge is 0.491 e. The number of rotatable bonds is 8. The van der Waals surface area contributed by atoms with E-state index >= 15 is 0 Å². The second-order valence-corrected chi connectivity index (χ2v) is 7.88. The maximum absolute atomic E-state index is 5.75. The third-order valence-corrected chi connectivity index (χ3v) is 5.28. The second-order valence-electron chi connectivity index (χ2n) is 6.42. The van der Waals surface area contributed by atoms with Crippen LogP contribution >= 0.6 is 24.0 Å². The molecule has 0 aliphatic carbocycles. The van der Waals surface area contributed by atoms with E-state index in [1.807, 2.05) is 55.1 Å². The van der Waals surface area contributed by atoms with Gasteiger partial charge in [0, 0.05) is 16.3 Å². The molecular weight excluding hydrogens is 384 g/mol. The summed E-state index contributed by atoms with van der Waals surface area (Å²) in [7, 11) is 0. The Hall–Kier alpha value is -2.50. The van der Waals surface area contributed by atoms with E-state index in [0.717, 1.165) is 17.2 Å². The SMILES string of the molecule is CC(COc1ccccc1)NC(=S)Nc1ccc(CSc2ccccc2)cc1. The molecular formula is C23H24N2OS2. The number of thiocarbonyl (C=S) groups is 1. The van der Waals surface area contributed by atoms with E-state index in [1.165, 1.54) is 10.5 Å². The van der Waals surface area contributed by atoms with Gasteiger partial charge in [-0.25, -0.2) is 0 Å². The first kappa shape index (κ1) is 20.2. The Morgan fingerprint density at radius 2 is 1.57 bits per heavy atom. The van der Waals surface area contributed by atoms with Crippen LogP contribution in [0.5, 0.6) is 5.75 Å². The van der Waals surface area contributed by atoms with E-state index in [9.17, 15) is 0 Å². The number of anilines is 1. The Morgan fingerprint density at radius 3 is 2.25 bits per heavy atom. The molecule has 3 nitrogen and oxygen atoms in total. The summed E-state index contributed by atoms with van der Waals surface area (Å²) in [4.78, 5) is 1.28. The van der Waals surface area contributed by atoms with Gasteiger partial charge in [-0.15, -0.1) is 11.8 Å². The molecule has 0 spiro atoms. The van der Waals surface area contributed by atoms with Crippen LogP contribution in [-0.2, 0) is 5.75 Å². The van der Waals surface area contributed by atoms with Gasteiger partial charge in [0.1, 0.15) is 12.4 Å². The molecule has 0 saturated carbocycles. The molecule has 144 valence electrons. The minimum Gasteiger partial charge on any atom is -0.491 e. The minimum atomic E-state index is 0.0988. The fourth-order valence-corrected chi connectivity index (χ4v) is 3.73. The van der Waals surface area contributed by atoms with Crippen molar-refractivity contribution < 1.29 is 4.74 Å². The summed E-state index contributed by atoms with van der Waals surface area (Å²) < 4.78 is 5.75. The maximum atomic E-state index is 5.75. The molecule has 0 aliphatic heterocycles. The Balaban J connectivity index is 1.41. The molecule has 2 N–H and O–H groups in total. The Kier molecular flexibility index (Phi) is 7.76. The molecule has 0 aromatic heterocycles. The zero-order chi connectivity index (χ0) is 19.6. The van der Waals surface area contributed by atoms with E-state index in [4.69, 9.17) is 17.0 Å². The highest BCUT2D eigenvalue weighted by atomic mass is 32.2. The number of hydrogen-bond donors (Lipinski definition) is 2. The van der Waals surface area contributed by atoms with Crippen molar-refractivity contribution >= 4 is 34.8 Å². The lowest BCUT2D eigenvalue weighted by atomic mass is 10.2. The molecule has 5 heteroatoms. The fourth-order valence-electron chi connectivity index (χ4n) is 2.54. The van der Waals surface area contributed by atoms with Crippen LogP contribution in [0, 0.1) is 0 Å². The van der Waals surface area contributed by atoms with Gasteiger partial charge in [-0.1, -0.05) is 48.5 Å². The number of ether oxygens (including phenoxy) is 1. The summed E-state index contributed by atoms with van der Waals surface area (Å²) in [6, 6.07) is 28.7. The highest BCUT2D eigenvalue weighted by Gasteiger charge is 2.06. The van der Waals surface area contributed by atoms with Crippen molar-refractivity contribution in [1.29, 1.82) is 0 Å². The van der Waals surface area contributed by atoms with Gasteiger partial charge in [-0.05, 0) is 61.1 Å². The predicted octanol–water partition coefficient (Wildman–Crippen LogP) is 5.73. The van der Waals surface area contributed by atoms with E-state index in [0.29, 0.717) is 11.7 Å². The maximum Gasteiger partial charge on any atom is 0.171 e. The summed E-state index contributed by atoms with van der Waals surface area (Å²) in [6.45, 7) is 2.59. The zero-order valence-electron chi connectivity index (χ0n) is 15.8. The van der Waals surface area contributed by atoms with E-state index in [1.54, 1.807) is 0 Å². The van der Waals surface area contributed by atoms with Crippen LogP contribution in [0.2, 0.25) is 0 Å². The molecule has 28 heavy (non-hydrogen) atoms. The zero-order valence-corrected chi connectivity index (χ0v) is 17.4. The minimum absolute atomic E-state index is 0.0988. The monoisotopic (exact) mass is 408 g/mol. The van der Waals surface area contributed by atoms with Crippen LogP contribution in [0.15, 0.2) is 89.8 Å². The van der Waals surface area contributed by atoms with Gasteiger partial charge in [-0.2, -0.15) is 0 Å². The van der Waals surface area contributed by atoms with Gasteiger partial charge >= 0.3 is 0 Å². The Labute approximate surface area is 176 Å². The topological polar surface area (TPSA) is 33.3 Å². The smallest absolute Gasteiger partial charge is 0.171 e. The summed E-state index contributed by atoms with van der Waals surface area (Å²) in [6.07, 6.45) is 0. The number of para-hydroxylation sites is 1. The molecule has 0 radical (unpaired) electrons. The lowest BCUT2D eigenvalue weighted by molar-refractivity contribution is 0.287. The molecule has 0 amide bonds. The summed E-state index contributed by atoms with van der Waals surface area (Å²) >= 11 is 7.24. The number of hydrogen-bond acceptors (Lipinski definition) is 3. The van der Waals surface area contributed by atoms with Crippen LogP contribution < -0.4 is 15.4 Å². The molecule has 3 rings (SSSR count). The van der Waals surface area contributed by atoms with Crippen LogP contribution in [-0.4, -0.2) is 17.8 Å². The third kappa shape index (κ3) is 6.91. The highest BCUT2D eigenvalue weighted by molar-refractivity contribution is 7.98. The lowest BCUT2D eigenvalue weighted by Gasteiger charge is -2.17. The van der Waals surface area contributed by atoms with E-state index < -0.39 is 0 Å². The van der Waals surface area contributed by atoms with Crippen molar-refractivity contribution in [3.63, 3.8) is 0 Å². The van der Waals surface area contributed by atoms with E-state index in [2.05, 4.69) is 59.2 Å². The highest BCUT2D eigenvalue weighted by Crippen LogP contribution is 2.23. The number of nitrogens with one attached hydrogen (secondary N) is 2. The van der Waals surface area contributed by atoms with Crippen molar-refractivity contribution in [2.75, 3.05) is 11.9 Å². The normalized spacial score (nSPS) is 11.5. The first-order chi connectivity index (χ1) is 13.7. The van der Waals surface area contributed by atoms with Crippen molar-refractivity contribution in [2.45, 2.75) is 23.6 Å². The lowest BCUT2D eigenvalue weighted by Crippen LogP contribution is -2.39. The molecule has 3 aromatic carbocycles. The number of thioether (sulfide) groups is 1. The number of benzene rings is 3. The van der Waals surface area contributed by atoms with Gasteiger partial charge < -0.3 is 15.4 Å². The second kappa shape index (κ2) is 10.7. The van der Waals surface area contributed by atoms with Crippen LogP contribution in [0.25, 0.3) is 0 Å². The molecule has 1 atom stereocenters. The van der Waals surface area contributed by atoms with E-state index in [-0.39, 0.29) is 6.04 Å². The summed E-state index contributed by atoms with van der Waals surface area (Å²) in [5.41, 5.74) is 2.25. The molecule has 1 unspecified atom stereocenters. The van der Waals surface area contributed by atoms with Crippen molar-refractivity contribution in [1.82, 2.24) is 5.32 Å². The van der Waals surface area contributed by atoms with Crippen molar-refractivity contribution in [3.05, 3.63) is 90.5 Å². The first-order valence-electron chi connectivity index (χ1n) is 9.21. The summed E-state index contributed by atoms with van der Waals surface area (Å²) in [5, 5.41) is 7.07. The Morgan fingerprint density at radius 1 is 0.929 bits per heavy atom. The fraction of sp³-hybridized carbons (Fsp3) is 0.174. The molecule has 0 fully saturated rings. The van der Waals surface area contributed by atoms with Gasteiger partial charge in [0.15, 0.2) is 5.11 Å². The third-order valence-electron chi connectivity index (χ3n) is 3.98. The molecule has 0 bridgehead atoms.